The van der Waals surface area contributed by atoms with Crippen LogP contribution in [0.3, 0.4) is 0 Å². The summed E-state index contributed by atoms with van der Waals surface area (Å²) in [5.41, 5.74) is -0.0363. The Morgan fingerprint density at radius 2 is 1.81 bits per heavy atom. The van der Waals surface area contributed by atoms with E-state index >= 15 is 0 Å². The molecule has 0 aliphatic heterocycles. The van der Waals surface area contributed by atoms with Gasteiger partial charge in [-0.25, -0.2) is 0 Å². The summed E-state index contributed by atoms with van der Waals surface area (Å²) in [4.78, 5) is 12.1. The number of aryl methyl sites for hydroxylation is 1. The van der Waals surface area contributed by atoms with E-state index in [0.29, 0.717) is 14.7 Å². The number of halogens is 4. The quantitative estimate of drug-likeness (QED) is 0.710. The first-order valence-corrected chi connectivity index (χ1v) is 7.10. The lowest BCUT2D eigenvalue weighted by Gasteiger charge is -2.14. The highest BCUT2D eigenvalue weighted by Gasteiger charge is 2.34. The molecule has 0 heterocycles. The Kier molecular flexibility index (Phi) is 4.55. The van der Waals surface area contributed by atoms with Crippen LogP contribution in [0.25, 0.3) is 0 Å². The average Bonchev–Trinajstić information content (AvgIpc) is 2.40. The number of benzene rings is 2. The highest BCUT2D eigenvalue weighted by molar-refractivity contribution is 14.1. The van der Waals surface area contributed by atoms with E-state index in [1.54, 1.807) is 53.8 Å². The van der Waals surface area contributed by atoms with Crippen molar-refractivity contribution in [2.45, 2.75) is 13.1 Å². The fourth-order valence-electron chi connectivity index (χ4n) is 1.88. The van der Waals surface area contributed by atoms with Crippen LogP contribution < -0.4 is 5.32 Å². The Hall–Kier alpha value is -1.57. The molecule has 0 spiro atoms. The Morgan fingerprint density at radius 1 is 1.14 bits per heavy atom. The fourth-order valence-corrected chi connectivity index (χ4v) is 2.37. The lowest BCUT2D eigenvalue weighted by molar-refractivity contribution is -0.137. The molecule has 2 nitrogen and oxygen atoms in total. The molecule has 2 aromatic rings. The van der Waals surface area contributed by atoms with Gasteiger partial charge in [-0.1, -0.05) is 18.2 Å². The molecule has 0 saturated heterocycles. The van der Waals surface area contributed by atoms with E-state index in [9.17, 15) is 18.0 Å². The predicted molar refractivity (Wildman–Crippen MR) is 83.3 cm³/mol. The first-order chi connectivity index (χ1) is 9.79. The van der Waals surface area contributed by atoms with Gasteiger partial charge in [0, 0.05) is 9.13 Å². The number of hydrogen-bond donors (Lipinski definition) is 1. The first kappa shape index (κ1) is 15.8. The van der Waals surface area contributed by atoms with E-state index in [4.69, 9.17) is 0 Å². The molecule has 6 heteroatoms. The Bertz CT molecular complexity index is 683. The minimum Gasteiger partial charge on any atom is -0.321 e. The van der Waals surface area contributed by atoms with Crippen molar-refractivity contribution in [2.24, 2.45) is 0 Å². The Morgan fingerprint density at radius 3 is 2.43 bits per heavy atom. The standard InChI is InChI=1S/C15H11F3INO/c1-9-4-2-3-5-11(9)14(21)20-13-7-6-10(19)8-12(13)15(16,17)18/h2-8H,1H3,(H,20,21). The van der Waals surface area contributed by atoms with Gasteiger partial charge >= 0.3 is 6.18 Å². The van der Waals surface area contributed by atoms with Crippen LogP contribution >= 0.6 is 22.6 Å². The van der Waals surface area contributed by atoms with Crippen molar-refractivity contribution >= 4 is 34.2 Å². The fraction of sp³-hybridized carbons (Fsp3) is 0.133. The van der Waals surface area contributed by atoms with Gasteiger partial charge in [-0.3, -0.25) is 4.79 Å². The molecule has 0 fully saturated rings. The Labute approximate surface area is 133 Å². The van der Waals surface area contributed by atoms with Gasteiger partial charge in [-0.2, -0.15) is 13.2 Å². The smallest absolute Gasteiger partial charge is 0.321 e. The van der Waals surface area contributed by atoms with E-state index in [2.05, 4.69) is 5.32 Å². The van der Waals surface area contributed by atoms with Gasteiger partial charge in [-0.15, -0.1) is 0 Å². The van der Waals surface area contributed by atoms with E-state index in [0.717, 1.165) is 6.07 Å². The molecule has 1 N–H and O–H groups in total. The summed E-state index contributed by atoms with van der Waals surface area (Å²) in [5.74, 6) is -0.556. The first-order valence-electron chi connectivity index (χ1n) is 6.03. The lowest BCUT2D eigenvalue weighted by atomic mass is 10.1. The normalized spacial score (nSPS) is 11.3. The topological polar surface area (TPSA) is 29.1 Å². The number of amides is 1. The van der Waals surface area contributed by atoms with Crippen LogP contribution in [0.15, 0.2) is 42.5 Å². The van der Waals surface area contributed by atoms with Crippen molar-refractivity contribution in [1.82, 2.24) is 0 Å². The highest BCUT2D eigenvalue weighted by Crippen LogP contribution is 2.36. The molecule has 0 aromatic heterocycles. The van der Waals surface area contributed by atoms with Gasteiger partial charge < -0.3 is 5.32 Å². The lowest BCUT2D eigenvalue weighted by Crippen LogP contribution is -2.17. The summed E-state index contributed by atoms with van der Waals surface area (Å²) in [6.07, 6.45) is -4.52. The minimum atomic E-state index is -4.52. The molecule has 110 valence electrons. The minimum absolute atomic E-state index is 0.240. The van der Waals surface area contributed by atoms with E-state index in [1.165, 1.54) is 12.1 Å². The van der Waals surface area contributed by atoms with Gasteiger partial charge in [0.1, 0.15) is 0 Å². The predicted octanol–water partition coefficient (Wildman–Crippen LogP) is 4.87. The van der Waals surface area contributed by atoms with Gasteiger partial charge in [-0.05, 0) is 59.3 Å². The largest absolute Gasteiger partial charge is 0.418 e. The second-order valence-corrected chi connectivity index (χ2v) is 5.70. The maximum absolute atomic E-state index is 13.0. The third kappa shape index (κ3) is 3.75. The van der Waals surface area contributed by atoms with Gasteiger partial charge in [0.25, 0.3) is 5.91 Å². The molecule has 0 saturated carbocycles. The Balaban J connectivity index is 2.36. The number of anilines is 1. The van der Waals surface area contributed by atoms with Crippen molar-refractivity contribution in [2.75, 3.05) is 5.32 Å². The van der Waals surface area contributed by atoms with Crippen molar-refractivity contribution in [3.05, 3.63) is 62.7 Å². The molecule has 21 heavy (non-hydrogen) atoms. The van der Waals surface area contributed by atoms with Crippen LogP contribution in [-0.2, 0) is 6.18 Å². The molecule has 0 aliphatic carbocycles. The highest BCUT2D eigenvalue weighted by atomic mass is 127. The molecule has 0 aliphatic rings. The molecule has 2 rings (SSSR count). The zero-order valence-corrected chi connectivity index (χ0v) is 13.1. The van der Waals surface area contributed by atoms with Gasteiger partial charge in [0.05, 0.1) is 11.3 Å². The summed E-state index contributed by atoms with van der Waals surface area (Å²) in [5, 5.41) is 2.34. The van der Waals surface area contributed by atoms with E-state index < -0.39 is 17.6 Å². The summed E-state index contributed by atoms with van der Waals surface area (Å²) in [6.45, 7) is 1.73. The zero-order chi connectivity index (χ0) is 15.6. The van der Waals surface area contributed by atoms with Crippen LogP contribution in [-0.4, -0.2) is 5.91 Å². The maximum atomic E-state index is 13.0. The van der Waals surface area contributed by atoms with Crippen molar-refractivity contribution in [1.29, 1.82) is 0 Å². The summed E-state index contributed by atoms with van der Waals surface area (Å²) in [6, 6.07) is 10.5. The molecule has 2 aromatic carbocycles. The van der Waals surface area contributed by atoms with E-state index in [1.807, 2.05) is 0 Å². The summed E-state index contributed by atoms with van der Waals surface area (Å²) < 4.78 is 39.5. The second kappa shape index (κ2) is 6.05. The molecular formula is C15H11F3INO. The zero-order valence-electron chi connectivity index (χ0n) is 11.0. The maximum Gasteiger partial charge on any atom is 0.418 e. The third-order valence-electron chi connectivity index (χ3n) is 2.92. The van der Waals surface area contributed by atoms with E-state index in [-0.39, 0.29) is 5.69 Å². The number of carbonyl (C=O) groups is 1. The summed E-state index contributed by atoms with van der Waals surface area (Å²) >= 11 is 1.80. The van der Waals surface area contributed by atoms with Crippen LogP contribution in [0.1, 0.15) is 21.5 Å². The number of carbonyl (C=O) groups excluding carboxylic acids is 1. The van der Waals surface area contributed by atoms with Crippen molar-refractivity contribution in [3.63, 3.8) is 0 Å². The summed E-state index contributed by atoms with van der Waals surface area (Å²) in [7, 11) is 0. The SMILES string of the molecule is Cc1ccccc1C(=O)Nc1ccc(I)cc1C(F)(F)F. The third-order valence-corrected chi connectivity index (χ3v) is 3.60. The second-order valence-electron chi connectivity index (χ2n) is 4.46. The van der Waals surface area contributed by atoms with Crippen LogP contribution in [0, 0.1) is 10.5 Å². The number of hydrogen-bond acceptors (Lipinski definition) is 1. The molecule has 0 bridgehead atoms. The van der Waals surface area contributed by atoms with Crippen LogP contribution in [0.5, 0.6) is 0 Å². The van der Waals surface area contributed by atoms with Crippen LogP contribution in [0.4, 0.5) is 18.9 Å². The van der Waals surface area contributed by atoms with Crippen molar-refractivity contribution in [3.8, 4) is 0 Å². The number of alkyl halides is 3. The van der Waals surface area contributed by atoms with Crippen LogP contribution in [0.2, 0.25) is 0 Å². The number of nitrogens with one attached hydrogen (secondary N) is 1. The molecule has 0 atom stereocenters. The van der Waals surface area contributed by atoms with Crippen molar-refractivity contribution < 1.29 is 18.0 Å². The number of rotatable bonds is 2. The van der Waals surface area contributed by atoms with Gasteiger partial charge in [0.2, 0.25) is 0 Å². The molecule has 1 amide bonds. The molecule has 0 unspecified atom stereocenters. The average molecular weight is 405 g/mol. The van der Waals surface area contributed by atoms with Gasteiger partial charge in [0.15, 0.2) is 0 Å². The monoisotopic (exact) mass is 405 g/mol. The molecule has 0 radical (unpaired) electrons. The molecular weight excluding hydrogens is 394 g/mol.